The summed E-state index contributed by atoms with van der Waals surface area (Å²) in [4.78, 5) is 11.0. The Kier molecular flexibility index (Phi) is 4.85. The van der Waals surface area contributed by atoms with Crippen molar-refractivity contribution in [2.24, 2.45) is 4.99 Å². The summed E-state index contributed by atoms with van der Waals surface area (Å²) in [5.41, 5.74) is 1.30. The number of rotatable bonds is 6. The summed E-state index contributed by atoms with van der Waals surface area (Å²) in [5, 5.41) is 3.52. The minimum absolute atomic E-state index is 0.297. The third kappa shape index (κ3) is 3.95. The van der Waals surface area contributed by atoms with E-state index < -0.39 is 0 Å². The number of aromatic nitrogens is 2. The standard InChI is InChI=1S/C17H23N5/c1-15(16-6-3-2-4-7-16)20-17-12-22(14-19-17)10-5-9-21-11-8-18-13-21/h2-4,6-8,11,13,15H,5,9-10,12,14H2,1H3,(H,19,20). The van der Waals surface area contributed by atoms with Crippen molar-refractivity contribution in [1.29, 1.82) is 0 Å². The van der Waals surface area contributed by atoms with E-state index in [9.17, 15) is 0 Å². The van der Waals surface area contributed by atoms with Crippen LogP contribution in [0.5, 0.6) is 0 Å². The fourth-order valence-electron chi connectivity index (χ4n) is 2.71. The lowest BCUT2D eigenvalue weighted by atomic mass is 10.1. The van der Waals surface area contributed by atoms with E-state index in [-0.39, 0.29) is 0 Å². The maximum atomic E-state index is 4.61. The fourth-order valence-corrected chi connectivity index (χ4v) is 2.71. The van der Waals surface area contributed by atoms with Crippen LogP contribution in [0.4, 0.5) is 0 Å². The van der Waals surface area contributed by atoms with E-state index in [4.69, 9.17) is 0 Å². The highest BCUT2D eigenvalue weighted by molar-refractivity contribution is 5.85. The molecule has 0 saturated heterocycles. The summed E-state index contributed by atoms with van der Waals surface area (Å²) < 4.78 is 2.12. The molecule has 1 aliphatic heterocycles. The van der Waals surface area contributed by atoms with Crippen LogP contribution in [0, 0.1) is 0 Å². The predicted octanol–water partition coefficient (Wildman–Crippen LogP) is 2.30. The van der Waals surface area contributed by atoms with Gasteiger partial charge in [-0.05, 0) is 18.9 Å². The van der Waals surface area contributed by atoms with Crippen molar-refractivity contribution >= 4 is 5.84 Å². The number of benzene rings is 1. The molecule has 22 heavy (non-hydrogen) atoms. The molecule has 1 N–H and O–H groups in total. The van der Waals surface area contributed by atoms with Crippen LogP contribution in [0.2, 0.25) is 0 Å². The minimum Gasteiger partial charge on any atom is -0.366 e. The van der Waals surface area contributed by atoms with Crippen LogP contribution in [0.1, 0.15) is 24.9 Å². The first-order chi connectivity index (χ1) is 10.8. The Morgan fingerprint density at radius 1 is 1.23 bits per heavy atom. The van der Waals surface area contributed by atoms with Gasteiger partial charge < -0.3 is 9.88 Å². The van der Waals surface area contributed by atoms with Crippen molar-refractivity contribution in [3.8, 4) is 0 Å². The second-order valence-corrected chi connectivity index (χ2v) is 5.73. The Hall–Kier alpha value is -2.14. The van der Waals surface area contributed by atoms with Crippen molar-refractivity contribution in [1.82, 2.24) is 19.8 Å². The van der Waals surface area contributed by atoms with Gasteiger partial charge in [-0.1, -0.05) is 30.3 Å². The quantitative estimate of drug-likeness (QED) is 0.890. The van der Waals surface area contributed by atoms with E-state index in [1.165, 1.54) is 5.56 Å². The summed E-state index contributed by atoms with van der Waals surface area (Å²) in [6.07, 6.45) is 6.82. The molecule has 1 unspecified atom stereocenters. The van der Waals surface area contributed by atoms with Gasteiger partial charge in [0.05, 0.1) is 19.5 Å². The van der Waals surface area contributed by atoms with Crippen LogP contribution in [-0.4, -0.2) is 40.0 Å². The molecule has 0 amide bonds. The molecule has 5 heteroatoms. The number of nitrogens with one attached hydrogen (secondary N) is 1. The number of hydrogen-bond donors (Lipinski definition) is 1. The molecule has 0 aliphatic carbocycles. The molecule has 2 aromatic rings. The van der Waals surface area contributed by atoms with E-state index >= 15 is 0 Å². The van der Waals surface area contributed by atoms with Crippen molar-refractivity contribution in [3.63, 3.8) is 0 Å². The van der Waals surface area contributed by atoms with E-state index in [1.807, 2.05) is 24.8 Å². The van der Waals surface area contributed by atoms with Gasteiger partial charge in [-0.2, -0.15) is 0 Å². The first kappa shape index (κ1) is 14.8. The van der Waals surface area contributed by atoms with Gasteiger partial charge in [0.15, 0.2) is 0 Å². The van der Waals surface area contributed by atoms with Crippen molar-refractivity contribution in [2.75, 3.05) is 19.8 Å². The van der Waals surface area contributed by atoms with Gasteiger partial charge in [0.2, 0.25) is 0 Å². The molecule has 0 spiro atoms. The number of imidazole rings is 1. The first-order valence-electron chi connectivity index (χ1n) is 7.84. The van der Waals surface area contributed by atoms with Gasteiger partial charge in [-0.3, -0.25) is 9.89 Å². The zero-order chi connectivity index (χ0) is 15.2. The maximum Gasteiger partial charge on any atom is 0.113 e. The van der Waals surface area contributed by atoms with E-state index in [1.54, 1.807) is 0 Å². The summed E-state index contributed by atoms with van der Waals surface area (Å²) in [5.74, 6) is 1.10. The van der Waals surface area contributed by atoms with Crippen LogP contribution < -0.4 is 5.32 Å². The van der Waals surface area contributed by atoms with Gasteiger partial charge >= 0.3 is 0 Å². The zero-order valence-electron chi connectivity index (χ0n) is 13.0. The van der Waals surface area contributed by atoms with E-state index in [0.29, 0.717) is 6.04 Å². The number of aliphatic imine (C=N–C) groups is 1. The summed E-state index contributed by atoms with van der Waals surface area (Å²) in [6, 6.07) is 10.8. The molecule has 0 saturated carbocycles. The lowest BCUT2D eigenvalue weighted by Gasteiger charge is -2.17. The SMILES string of the molecule is CC(NC1=NCN(CCCn2ccnc2)C1)c1ccccc1. The molecule has 1 aromatic heterocycles. The molecule has 0 radical (unpaired) electrons. The number of aryl methyl sites for hydroxylation is 1. The Morgan fingerprint density at radius 2 is 2.09 bits per heavy atom. The van der Waals surface area contributed by atoms with Crippen LogP contribution >= 0.6 is 0 Å². The highest BCUT2D eigenvalue weighted by Crippen LogP contribution is 2.12. The van der Waals surface area contributed by atoms with Crippen molar-refractivity contribution in [2.45, 2.75) is 25.9 Å². The number of amidine groups is 1. The normalized spacial score (nSPS) is 16.5. The van der Waals surface area contributed by atoms with Crippen LogP contribution in [0.3, 0.4) is 0 Å². The van der Waals surface area contributed by atoms with Crippen LogP contribution in [0.15, 0.2) is 54.0 Å². The second kappa shape index (κ2) is 7.22. The molecule has 1 aliphatic rings. The Balaban J connectivity index is 1.40. The topological polar surface area (TPSA) is 45.5 Å². The smallest absolute Gasteiger partial charge is 0.113 e. The average Bonchev–Trinajstić information content (AvgIpc) is 3.20. The van der Waals surface area contributed by atoms with E-state index in [0.717, 1.165) is 38.6 Å². The van der Waals surface area contributed by atoms with Gasteiger partial charge in [0.25, 0.3) is 0 Å². The van der Waals surface area contributed by atoms with Gasteiger partial charge in [-0.15, -0.1) is 0 Å². The summed E-state index contributed by atoms with van der Waals surface area (Å²) >= 11 is 0. The van der Waals surface area contributed by atoms with Gasteiger partial charge in [-0.25, -0.2) is 4.98 Å². The van der Waals surface area contributed by atoms with Crippen LogP contribution in [0.25, 0.3) is 0 Å². The second-order valence-electron chi connectivity index (χ2n) is 5.73. The molecular weight excluding hydrogens is 274 g/mol. The summed E-state index contributed by atoms with van der Waals surface area (Å²) in [6.45, 7) is 5.97. The largest absolute Gasteiger partial charge is 0.366 e. The highest BCUT2D eigenvalue weighted by atomic mass is 15.3. The minimum atomic E-state index is 0.297. The van der Waals surface area contributed by atoms with Crippen molar-refractivity contribution < 1.29 is 0 Å². The molecule has 3 rings (SSSR count). The molecule has 0 fully saturated rings. The molecule has 1 atom stereocenters. The zero-order valence-corrected chi connectivity index (χ0v) is 13.0. The highest BCUT2D eigenvalue weighted by Gasteiger charge is 2.17. The molecule has 2 heterocycles. The Labute approximate surface area is 131 Å². The van der Waals surface area contributed by atoms with Gasteiger partial charge in [0.1, 0.15) is 5.84 Å². The van der Waals surface area contributed by atoms with Crippen molar-refractivity contribution in [3.05, 3.63) is 54.6 Å². The maximum absolute atomic E-state index is 4.61. The Bertz CT molecular complexity index is 591. The predicted molar refractivity (Wildman–Crippen MR) is 88.7 cm³/mol. The summed E-state index contributed by atoms with van der Waals surface area (Å²) in [7, 11) is 0. The molecule has 1 aromatic carbocycles. The van der Waals surface area contributed by atoms with E-state index in [2.05, 4.69) is 55.9 Å². The first-order valence-corrected chi connectivity index (χ1v) is 7.84. The third-order valence-corrected chi connectivity index (χ3v) is 3.97. The monoisotopic (exact) mass is 297 g/mol. The molecule has 0 bridgehead atoms. The lowest BCUT2D eigenvalue weighted by molar-refractivity contribution is 0.327. The molecule has 116 valence electrons. The fraction of sp³-hybridized carbons (Fsp3) is 0.412. The molecular formula is C17H23N5. The third-order valence-electron chi connectivity index (χ3n) is 3.97. The number of nitrogens with zero attached hydrogens (tertiary/aromatic N) is 4. The number of hydrogen-bond acceptors (Lipinski definition) is 4. The molecule has 5 nitrogen and oxygen atoms in total. The van der Waals surface area contributed by atoms with Gasteiger partial charge in [0, 0.05) is 31.5 Å². The van der Waals surface area contributed by atoms with Crippen LogP contribution in [-0.2, 0) is 6.54 Å². The lowest BCUT2D eigenvalue weighted by Crippen LogP contribution is -2.33. The Morgan fingerprint density at radius 3 is 2.86 bits per heavy atom. The average molecular weight is 297 g/mol.